The number of primary amides is 1. The van der Waals surface area contributed by atoms with Crippen molar-refractivity contribution < 1.29 is 49.4 Å². The molecule has 0 saturated heterocycles. The molecular weight excluding hydrogens is 579 g/mol. The molecule has 2 saturated carbocycles. The number of carbonyl (C=O) groups excluding carboxylic acids is 1. The predicted molar refractivity (Wildman–Crippen MR) is 158 cm³/mol. The zero-order valence-electron chi connectivity index (χ0n) is 24.4. The Labute approximate surface area is 254 Å². The number of hydrogen-bond donors (Lipinski definition) is 7. The number of rotatable bonds is 10. The second-order valence-corrected chi connectivity index (χ2v) is 10.8. The van der Waals surface area contributed by atoms with E-state index < -0.39 is 35.9 Å². The molecule has 3 atom stereocenters. The van der Waals surface area contributed by atoms with Gasteiger partial charge in [-0.3, -0.25) is 21.0 Å². The number of benzene rings is 2. The third-order valence-corrected chi connectivity index (χ3v) is 7.96. The highest BCUT2D eigenvalue weighted by molar-refractivity contribution is 5.95. The van der Waals surface area contributed by atoms with Crippen LogP contribution in [0.4, 0.5) is 4.39 Å². The van der Waals surface area contributed by atoms with E-state index in [4.69, 9.17) is 36.7 Å². The average Bonchev–Trinajstić information content (AvgIpc) is 2.94. The summed E-state index contributed by atoms with van der Waals surface area (Å²) in [6, 6.07) is 14.5. The molecule has 3 aliphatic rings. The highest BCUT2D eigenvalue weighted by Gasteiger charge is 2.40. The van der Waals surface area contributed by atoms with Crippen LogP contribution in [0, 0.1) is 5.82 Å². The largest absolute Gasteiger partial charge is 0.489 e. The Morgan fingerprint density at radius 3 is 1.91 bits per heavy atom. The molecule has 1 aliphatic heterocycles. The van der Waals surface area contributed by atoms with Crippen LogP contribution in [-0.4, -0.2) is 92.1 Å². The lowest BCUT2D eigenvalue weighted by Crippen LogP contribution is -2.57. The normalized spacial score (nSPS) is 18.6. The van der Waals surface area contributed by atoms with E-state index in [2.05, 4.69) is 22.5 Å². The van der Waals surface area contributed by atoms with Gasteiger partial charge in [0.2, 0.25) is 5.91 Å². The van der Waals surface area contributed by atoms with Gasteiger partial charge in [-0.15, -0.1) is 0 Å². The highest BCUT2D eigenvalue weighted by Crippen LogP contribution is 2.39. The molecular formula is C30H43FN4O9. The summed E-state index contributed by atoms with van der Waals surface area (Å²) in [6.45, 7) is 1.34. The average molecular weight is 623 g/mol. The molecule has 0 unspecified atom stereocenters. The number of aliphatic hydroxyl groups is 2. The van der Waals surface area contributed by atoms with Gasteiger partial charge in [0, 0.05) is 35.8 Å². The summed E-state index contributed by atoms with van der Waals surface area (Å²) < 4.78 is 19.8. The van der Waals surface area contributed by atoms with Crippen LogP contribution in [0.15, 0.2) is 42.5 Å². The molecule has 44 heavy (non-hydrogen) atoms. The van der Waals surface area contributed by atoms with Gasteiger partial charge in [0.25, 0.3) is 0 Å². The summed E-state index contributed by atoms with van der Waals surface area (Å²) in [5.74, 6) is 0.901. The van der Waals surface area contributed by atoms with Gasteiger partial charge in [-0.25, -0.2) is 14.0 Å². The highest BCUT2D eigenvalue weighted by atomic mass is 19.1. The van der Waals surface area contributed by atoms with Crippen LogP contribution >= 0.6 is 0 Å². The summed E-state index contributed by atoms with van der Waals surface area (Å²) in [5, 5.41) is 32.5. The molecule has 0 spiro atoms. The molecule has 13 nitrogen and oxygen atoms in total. The number of nitrogens with zero attached hydrogens (tertiary/aromatic N) is 1. The third kappa shape index (κ3) is 9.67. The molecule has 2 aromatic rings. The van der Waals surface area contributed by atoms with E-state index in [1.807, 2.05) is 18.2 Å². The number of halogens is 1. The van der Waals surface area contributed by atoms with E-state index in [0.29, 0.717) is 36.2 Å². The Hall–Kier alpha value is -3.66. The Bertz CT molecular complexity index is 1200. The minimum atomic E-state index is -2.27. The number of hydrazine groups is 1. The molecule has 244 valence electrons. The fourth-order valence-corrected chi connectivity index (χ4v) is 5.25. The van der Waals surface area contributed by atoms with Gasteiger partial charge in [0.1, 0.15) is 6.61 Å². The number of aliphatic carboxylic acids is 2. The van der Waals surface area contributed by atoms with Crippen LogP contribution in [0.3, 0.4) is 0 Å². The van der Waals surface area contributed by atoms with Crippen molar-refractivity contribution in [3.05, 3.63) is 65.0 Å². The number of carboxylic acid groups (broad SMARTS) is 2. The summed E-state index contributed by atoms with van der Waals surface area (Å²) >= 11 is 0. The number of hydrogen-bond acceptors (Lipinski definition) is 9. The van der Waals surface area contributed by atoms with Gasteiger partial charge in [-0.1, -0.05) is 43.2 Å². The lowest BCUT2D eigenvalue weighted by atomic mass is 9.82. The number of carboxylic acids is 2. The summed E-state index contributed by atoms with van der Waals surface area (Å²) in [7, 11) is 0. The standard InChI is InChI=1S/C18H23FN2O2.C8H12N2.C4H6O6.H2O/c19-16-8-7-14(18(20)22)15-9-13(10-23-17(15)16)21(11-3-1-4-11)12-5-2-6-12;9-10-7-6-8-4-2-1-3-5-8;5-1(3(7)8)2(6)4(9)10;/h7-8,11-13H,1-6,9-10H2,(H2,20,22);1-5,10H,6-7,9H2;1-2,5-6H,(H,7,8)(H,9,10);1H2/t13-;;1-,2-;/m1.1./s1. The van der Waals surface area contributed by atoms with Gasteiger partial charge in [-0.2, -0.15) is 0 Å². The van der Waals surface area contributed by atoms with Crippen molar-refractivity contribution in [2.45, 2.75) is 81.7 Å². The van der Waals surface area contributed by atoms with Crippen molar-refractivity contribution in [1.82, 2.24) is 10.3 Å². The van der Waals surface area contributed by atoms with Crippen molar-refractivity contribution in [2.75, 3.05) is 13.2 Å². The maximum Gasteiger partial charge on any atom is 0.335 e. The van der Waals surface area contributed by atoms with Crippen molar-refractivity contribution in [3.63, 3.8) is 0 Å². The lowest BCUT2D eigenvalue weighted by Gasteiger charge is -2.51. The van der Waals surface area contributed by atoms with Crippen molar-refractivity contribution in [3.8, 4) is 5.75 Å². The summed E-state index contributed by atoms with van der Waals surface area (Å²) in [6.07, 6.45) is 4.66. The van der Waals surface area contributed by atoms with Gasteiger partial charge in [0.15, 0.2) is 23.8 Å². The third-order valence-electron chi connectivity index (χ3n) is 7.96. The van der Waals surface area contributed by atoms with Gasteiger partial charge in [0.05, 0.1) is 0 Å². The number of aliphatic hydroxyl groups excluding tert-OH is 2. The zero-order chi connectivity index (χ0) is 31.5. The lowest BCUT2D eigenvalue weighted by molar-refractivity contribution is -0.165. The van der Waals surface area contributed by atoms with Crippen LogP contribution in [0.1, 0.15) is 60.0 Å². The minimum absolute atomic E-state index is 0. The van der Waals surface area contributed by atoms with E-state index in [9.17, 15) is 18.8 Å². The molecule has 2 aliphatic carbocycles. The first-order valence-corrected chi connectivity index (χ1v) is 14.4. The van der Waals surface area contributed by atoms with Crippen molar-refractivity contribution >= 4 is 17.8 Å². The smallest absolute Gasteiger partial charge is 0.335 e. The van der Waals surface area contributed by atoms with E-state index in [1.165, 1.54) is 56.2 Å². The Morgan fingerprint density at radius 1 is 0.932 bits per heavy atom. The van der Waals surface area contributed by atoms with Crippen molar-refractivity contribution in [1.29, 1.82) is 0 Å². The SMILES string of the molecule is NC(=O)c1ccc(F)c2c1C[C@@H](N(C1CCC1)C1CCC1)CO2.NNCCc1ccccc1.O.O=C(O)[C@H](O)[C@@H](O)C(=O)O. The fraction of sp³-hybridized carbons (Fsp3) is 0.500. The van der Waals surface area contributed by atoms with Crippen LogP contribution in [0.25, 0.3) is 0 Å². The number of fused-ring (bicyclic) bond motifs is 1. The van der Waals surface area contributed by atoms with E-state index in [0.717, 1.165) is 13.0 Å². The van der Waals surface area contributed by atoms with Crippen LogP contribution in [0.2, 0.25) is 0 Å². The minimum Gasteiger partial charge on any atom is -0.489 e. The number of ether oxygens (including phenoxy) is 1. The number of amides is 1. The maximum absolute atomic E-state index is 14.0. The second kappa shape index (κ2) is 17.6. The Kier molecular flexibility index (Phi) is 14.6. The van der Waals surface area contributed by atoms with Gasteiger partial charge < -0.3 is 36.4 Å². The monoisotopic (exact) mass is 622 g/mol. The van der Waals surface area contributed by atoms with E-state index in [-0.39, 0.29) is 17.3 Å². The van der Waals surface area contributed by atoms with Crippen LogP contribution in [-0.2, 0) is 22.4 Å². The summed E-state index contributed by atoms with van der Waals surface area (Å²) in [5.41, 5.74) is 10.5. The molecule has 11 N–H and O–H groups in total. The topological polar surface area (TPSA) is 240 Å². The first-order chi connectivity index (χ1) is 20.5. The van der Waals surface area contributed by atoms with Crippen LogP contribution < -0.4 is 21.7 Å². The first kappa shape index (κ1) is 36.5. The number of nitrogens with one attached hydrogen (secondary N) is 1. The molecule has 0 bridgehead atoms. The van der Waals surface area contributed by atoms with Gasteiger partial charge in [-0.05, 0) is 56.2 Å². The quantitative estimate of drug-likeness (QED) is 0.141. The molecule has 0 radical (unpaired) electrons. The second-order valence-electron chi connectivity index (χ2n) is 10.8. The summed E-state index contributed by atoms with van der Waals surface area (Å²) in [4.78, 5) is 33.8. The molecule has 2 fully saturated rings. The predicted octanol–water partition coefficient (Wildman–Crippen LogP) is 0.380. The number of carbonyl (C=O) groups is 3. The Morgan fingerprint density at radius 2 is 1.48 bits per heavy atom. The van der Waals surface area contributed by atoms with Crippen LogP contribution in [0.5, 0.6) is 5.75 Å². The van der Waals surface area contributed by atoms with E-state index >= 15 is 0 Å². The maximum atomic E-state index is 14.0. The molecule has 1 heterocycles. The zero-order valence-corrected chi connectivity index (χ0v) is 24.4. The molecule has 5 rings (SSSR count). The van der Waals surface area contributed by atoms with Gasteiger partial charge >= 0.3 is 11.9 Å². The molecule has 2 aromatic carbocycles. The molecule has 0 aromatic heterocycles. The van der Waals surface area contributed by atoms with Crippen molar-refractivity contribution in [2.24, 2.45) is 11.6 Å². The fourth-order valence-electron chi connectivity index (χ4n) is 5.25. The number of nitrogens with two attached hydrogens (primary N) is 2. The molecule has 14 heteroatoms. The first-order valence-electron chi connectivity index (χ1n) is 14.4. The Balaban J connectivity index is 0.000000270. The van der Waals surface area contributed by atoms with E-state index in [1.54, 1.807) is 0 Å². The molecule has 1 amide bonds.